The van der Waals surface area contributed by atoms with Gasteiger partial charge in [0.1, 0.15) is 0 Å². The molecule has 0 aliphatic rings. The number of nitrogens with zero attached hydrogens (tertiary/aromatic N) is 1. The van der Waals surface area contributed by atoms with Gasteiger partial charge in [0.25, 0.3) is 0 Å². The summed E-state index contributed by atoms with van der Waals surface area (Å²) in [6, 6.07) is 0. The maximum absolute atomic E-state index is 11.3. The minimum absolute atomic E-state index is 0.0264. The molecule has 0 fully saturated rings. The van der Waals surface area contributed by atoms with Gasteiger partial charge in [0.15, 0.2) is 6.29 Å². The fourth-order valence-electron chi connectivity index (χ4n) is 1.28. The molecule has 0 bridgehead atoms. The van der Waals surface area contributed by atoms with Crippen LogP contribution in [0.2, 0.25) is 0 Å². The van der Waals surface area contributed by atoms with E-state index >= 15 is 0 Å². The van der Waals surface area contributed by atoms with Gasteiger partial charge >= 0.3 is 0 Å². The average molecular weight is 268 g/mol. The predicted octanol–water partition coefficient (Wildman–Crippen LogP) is 1.52. The van der Waals surface area contributed by atoms with Crippen LogP contribution < -0.4 is 5.32 Å². The van der Waals surface area contributed by atoms with Crippen molar-refractivity contribution in [1.82, 2.24) is 5.32 Å². The monoisotopic (exact) mass is 268 g/mol. The largest absolute Gasteiger partial charge is 0.368 e. The smallest absolute Gasteiger partial charge is 0.224 e. The van der Waals surface area contributed by atoms with Crippen molar-refractivity contribution in [3.8, 4) is 0 Å². The van der Waals surface area contributed by atoms with E-state index in [-0.39, 0.29) is 5.91 Å². The Labute approximate surface area is 114 Å². The molecule has 0 saturated carbocycles. The summed E-state index contributed by atoms with van der Waals surface area (Å²) in [5.41, 5.74) is 0. The minimum atomic E-state index is -1.21. The zero-order chi connectivity index (χ0) is 14.3. The van der Waals surface area contributed by atoms with Gasteiger partial charge in [-0.15, -0.1) is 0 Å². The van der Waals surface area contributed by atoms with Crippen molar-refractivity contribution in [3.05, 3.63) is 24.4 Å². The van der Waals surface area contributed by atoms with E-state index in [1.807, 2.05) is 19.1 Å². The van der Waals surface area contributed by atoms with Crippen LogP contribution in [0.5, 0.6) is 0 Å². The highest BCUT2D eigenvalue weighted by Crippen LogP contribution is 2.00. The number of rotatable bonds is 10. The molecule has 0 aromatic carbocycles. The average Bonchev–Trinajstić information content (AvgIpc) is 2.36. The Balaban J connectivity index is 3.48. The molecule has 0 aromatic heterocycles. The van der Waals surface area contributed by atoms with Crippen molar-refractivity contribution in [2.75, 3.05) is 6.54 Å². The molecule has 19 heavy (non-hydrogen) atoms. The second-order valence-electron chi connectivity index (χ2n) is 4.06. The van der Waals surface area contributed by atoms with Crippen LogP contribution in [0.4, 0.5) is 0 Å². The molecule has 5 nitrogen and oxygen atoms in total. The lowest BCUT2D eigenvalue weighted by atomic mass is 10.2. The zero-order valence-electron chi connectivity index (χ0n) is 11.5. The van der Waals surface area contributed by atoms with E-state index in [9.17, 15) is 4.79 Å². The number of aliphatic imine (C=N–C) groups is 1. The van der Waals surface area contributed by atoms with Gasteiger partial charge in [0.05, 0.1) is 0 Å². The maximum atomic E-state index is 11.3. The normalized spacial score (nSPS) is 12.2. The van der Waals surface area contributed by atoms with Crippen molar-refractivity contribution >= 4 is 12.1 Å². The summed E-state index contributed by atoms with van der Waals surface area (Å²) in [6.07, 6.45) is 10.8. The standard InChI is InChI=1S/C14H24N2O3/c1-2-3-12-16-13(17)8-7-11-15-10-6-4-5-9-14(18)19/h2-3,7,10-11,14,18-19H,4-6,8-9,12H2,1H3,(H,16,17)/b3-2+,11-7+,15-10+. The van der Waals surface area contributed by atoms with Crippen molar-refractivity contribution in [2.45, 2.75) is 45.3 Å². The molecule has 0 unspecified atom stereocenters. The third kappa shape index (κ3) is 14.5. The number of carbonyl (C=O) groups is 1. The Morgan fingerprint density at radius 1 is 1.32 bits per heavy atom. The Morgan fingerprint density at radius 3 is 2.79 bits per heavy atom. The van der Waals surface area contributed by atoms with Crippen LogP contribution in [0.3, 0.4) is 0 Å². The third-order valence-corrected chi connectivity index (χ3v) is 2.30. The molecule has 0 aliphatic carbocycles. The van der Waals surface area contributed by atoms with Crippen LogP contribution in [0.25, 0.3) is 0 Å². The molecular formula is C14H24N2O3. The SMILES string of the molecule is C/C=C/CNC(=O)C/C=C/N=C/CCCCC(O)O. The Kier molecular flexibility index (Phi) is 12.0. The van der Waals surface area contributed by atoms with Crippen LogP contribution in [0.1, 0.15) is 39.0 Å². The van der Waals surface area contributed by atoms with E-state index in [0.717, 1.165) is 19.3 Å². The van der Waals surface area contributed by atoms with Crippen molar-refractivity contribution in [3.63, 3.8) is 0 Å². The number of aliphatic hydroxyl groups is 2. The van der Waals surface area contributed by atoms with Crippen LogP contribution in [-0.4, -0.2) is 35.2 Å². The molecule has 3 N–H and O–H groups in total. The number of nitrogens with one attached hydrogen (secondary N) is 1. The van der Waals surface area contributed by atoms with Gasteiger partial charge in [-0.1, -0.05) is 18.2 Å². The molecule has 108 valence electrons. The van der Waals surface area contributed by atoms with Crippen molar-refractivity contribution < 1.29 is 15.0 Å². The van der Waals surface area contributed by atoms with Crippen molar-refractivity contribution in [2.24, 2.45) is 4.99 Å². The van der Waals surface area contributed by atoms with E-state index in [2.05, 4.69) is 10.3 Å². The lowest BCUT2D eigenvalue weighted by molar-refractivity contribution is -0.120. The molecule has 0 aliphatic heterocycles. The number of amides is 1. The molecular weight excluding hydrogens is 244 g/mol. The minimum Gasteiger partial charge on any atom is -0.368 e. The summed E-state index contributed by atoms with van der Waals surface area (Å²) >= 11 is 0. The predicted molar refractivity (Wildman–Crippen MR) is 76.8 cm³/mol. The summed E-state index contributed by atoms with van der Waals surface area (Å²) in [7, 11) is 0. The highest BCUT2D eigenvalue weighted by molar-refractivity contribution is 5.77. The number of carbonyl (C=O) groups excluding carboxylic acids is 1. The molecule has 0 radical (unpaired) electrons. The van der Waals surface area contributed by atoms with Gasteiger partial charge in [-0.3, -0.25) is 9.79 Å². The van der Waals surface area contributed by atoms with E-state index in [4.69, 9.17) is 10.2 Å². The summed E-state index contributed by atoms with van der Waals surface area (Å²) < 4.78 is 0. The lowest BCUT2D eigenvalue weighted by Gasteiger charge is -1.99. The first-order valence-electron chi connectivity index (χ1n) is 6.57. The van der Waals surface area contributed by atoms with Gasteiger partial charge in [-0.2, -0.15) is 0 Å². The molecule has 0 atom stereocenters. The van der Waals surface area contributed by atoms with Gasteiger partial charge in [-0.25, -0.2) is 0 Å². The first-order chi connectivity index (χ1) is 9.16. The molecule has 5 heteroatoms. The first-order valence-corrected chi connectivity index (χ1v) is 6.57. The first kappa shape index (κ1) is 17.5. The molecule has 0 saturated heterocycles. The van der Waals surface area contributed by atoms with Gasteiger partial charge in [0, 0.05) is 25.4 Å². The Morgan fingerprint density at radius 2 is 2.11 bits per heavy atom. The summed E-state index contributed by atoms with van der Waals surface area (Å²) in [6.45, 7) is 2.46. The topological polar surface area (TPSA) is 81.9 Å². The Hall–Kier alpha value is -1.46. The maximum Gasteiger partial charge on any atom is 0.224 e. The number of allylic oxidation sites excluding steroid dienone is 1. The van der Waals surface area contributed by atoms with E-state index in [1.165, 1.54) is 0 Å². The van der Waals surface area contributed by atoms with Crippen LogP contribution in [-0.2, 0) is 4.79 Å². The number of unbranched alkanes of at least 4 members (excludes halogenated alkanes) is 2. The fraction of sp³-hybridized carbons (Fsp3) is 0.571. The molecule has 0 spiro atoms. The fourth-order valence-corrected chi connectivity index (χ4v) is 1.28. The van der Waals surface area contributed by atoms with Crippen molar-refractivity contribution in [1.29, 1.82) is 0 Å². The second-order valence-corrected chi connectivity index (χ2v) is 4.06. The molecule has 0 rings (SSSR count). The van der Waals surface area contributed by atoms with Crippen LogP contribution in [0.15, 0.2) is 29.4 Å². The summed E-state index contributed by atoms with van der Waals surface area (Å²) in [4.78, 5) is 15.3. The van der Waals surface area contributed by atoms with E-state index in [1.54, 1.807) is 18.5 Å². The highest BCUT2D eigenvalue weighted by Gasteiger charge is 1.95. The van der Waals surface area contributed by atoms with Gasteiger partial charge in [-0.05, 0) is 32.6 Å². The lowest BCUT2D eigenvalue weighted by Crippen LogP contribution is -2.22. The van der Waals surface area contributed by atoms with Crippen LogP contribution in [0, 0.1) is 0 Å². The van der Waals surface area contributed by atoms with Gasteiger partial charge in [0.2, 0.25) is 5.91 Å². The summed E-state index contributed by atoms with van der Waals surface area (Å²) in [5, 5.41) is 20.0. The Bertz CT molecular complexity index is 310. The van der Waals surface area contributed by atoms with E-state index in [0.29, 0.717) is 19.4 Å². The van der Waals surface area contributed by atoms with E-state index < -0.39 is 6.29 Å². The number of hydrogen-bond acceptors (Lipinski definition) is 4. The molecule has 0 aromatic rings. The summed E-state index contributed by atoms with van der Waals surface area (Å²) in [5.74, 6) is -0.0264. The third-order valence-electron chi connectivity index (χ3n) is 2.30. The molecule has 0 heterocycles. The van der Waals surface area contributed by atoms with Gasteiger partial charge < -0.3 is 15.5 Å². The zero-order valence-corrected chi connectivity index (χ0v) is 11.5. The molecule has 1 amide bonds. The van der Waals surface area contributed by atoms with Crippen LogP contribution >= 0.6 is 0 Å². The second kappa shape index (κ2) is 13.0. The number of hydrogen-bond donors (Lipinski definition) is 3. The number of aliphatic hydroxyl groups excluding tert-OH is 1. The highest BCUT2D eigenvalue weighted by atomic mass is 16.5. The quantitative estimate of drug-likeness (QED) is 0.243.